The molecular formula is C23H23F3N4O2S. The van der Waals surface area contributed by atoms with E-state index in [9.17, 15) is 18.0 Å². The van der Waals surface area contributed by atoms with Crippen LogP contribution >= 0.6 is 12.2 Å². The summed E-state index contributed by atoms with van der Waals surface area (Å²) in [5.41, 5.74) is 1.97. The predicted octanol–water partition coefficient (Wildman–Crippen LogP) is 3.97. The van der Waals surface area contributed by atoms with Gasteiger partial charge >= 0.3 is 6.18 Å². The molecule has 0 saturated carbocycles. The Morgan fingerprint density at radius 3 is 2.52 bits per heavy atom. The number of nitrogens with zero attached hydrogens (tertiary/aromatic N) is 1. The molecule has 3 N–H and O–H groups in total. The second-order valence-corrected chi connectivity index (χ2v) is 8.20. The second-order valence-electron chi connectivity index (χ2n) is 7.79. The molecule has 1 amide bonds. The Labute approximate surface area is 194 Å². The van der Waals surface area contributed by atoms with Crippen molar-refractivity contribution in [2.75, 3.05) is 36.5 Å². The van der Waals surface area contributed by atoms with Gasteiger partial charge in [-0.3, -0.25) is 4.79 Å². The van der Waals surface area contributed by atoms with E-state index in [4.69, 9.17) is 17.0 Å². The highest BCUT2D eigenvalue weighted by molar-refractivity contribution is 7.80. The van der Waals surface area contributed by atoms with Gasteiger partial charge < -0.3 is 25.6 Å². The number of carbonyl (C=O) groups excluding carboxylic acids is 1. The summed E-state index contributed by atoms with van der Waals surface area (Å²) < 4.78 is 44.5. The lowest BCUT2D eigenvalue weighted by Crippen LogP contribution is -2.45. The molecule has 0 aromatic heterocycles. The van der Waals surface area contributed by atoms with Crippen LogP contribution in [0, 0.1) is 0 Å². The van der Waals surface area contributed by atoms with Crippen molar-refractivity contribution in [3.63, 3.8) is 0 Å². The van der Waals surface area contributed by atoms with Crippen molar-refractivity contribution < 1.29 is 22.7 Å². The first-order chi connectivity index (χ1) is 15.7. The molecule has 2 heterocycles. The normalized spacial score (nSPS) is 19.1. The molecule has 0 radical (unpaired) electrons. The first-order valence-electron chi connectivity index (χ1n) is 10.4. The predicted molar refractivity (Wildman–Crippen MR) is 124 cm³/mol. The minimum atomic E-state index is -4.50. The van der Waals surface area contributed by atoms with Crippen LogP contribution in [0.15, 0.2) is 59.8 Å². The number of anilines is 2. The van der Waals surface area contributed by atoms with E-state index >= 15 is 0 Å². The van der Waals surface area contributed by atoms with Crippen LogP contribution in [0.5, 0.6) is 0 Å². The molecule has 10 heteroatoms. The topological polar surface area (TPSA) is 65.6 Å². The van der Waals surface area contributed by atoms with Gasteiger partial charge in [-0.25, -0.2) is 0 Å². The Morgan fingerprint density at radius 2 is 1.85 bits per heavy atom. The maximum atomic E-state index is 13.1. The molecule has 174 valence electrons. The number of amides is 1. The van der Waals surface area contributed by atoms with Crippen LogP contribution in [0.4, 0.5) is 24.5 Å². The van der Waals surface area contributed by atoms with Gasteiger partial charge in [0.25, 0.3) is 5.91 Å². The Balaban J connectivity index is 1.58. The van der Waals surface area contributed by atoms with E-state index < -0.39 is 23.7 Å². The van der Waals surface area contributed by atoms with Crippen molar-refractivity contribution >= 4 is 34.6 Å². The zero-order valence-electron chi connectivity index (χ0n) is 17.8. The first kappa shape index (κ1) is 23.1. The average molecular weight is 477 g/mol. The molecule has 0 bridgehead atoms. The fraction of sp³-hybridized carbons (Fsp3) is 0.304. The van der Waals surface area contributed by atoms with E-state index in [1.165, 1.54) is 12.1 Å². The summed E-state index contributed by atoms with van der Waals surface area (Å²) >= 11 is 5.28. The molecule has 2 aromatic rings. The third-order valence-electron chi connectivity index (χ3n) is 5.56. The Bertz CT molecular complexity index is 1080. The highest BCUT2D eigenvalue weighted by Gasteiger charge is 2.32. The lowest BCUT2D eigenvalue weighted by molar-refractivity contribution is -0.137. The van der Waals surface area contributed by atoms with Gasteiger partial charge in [-0.1, -0.05) is 18.2 Å². The van der Waals surface area contributed by atoms with Crippen LogP contribution in [-0.2, 0) is 15.7 Å². The standard InChI is InChI=1S/C23H23F3N4O2S/c1-14-19(21(31)28-17-4-2-3-16(13-17)23(24,25)26)20(29-22(33)27-14)15-5-7-18(8-6-15)30-9-11-32-12-10-30/h2-8,13,20H,9-12H2,1H3,(H,28,31)(H2,27,29,33)/t20-/m1/s1. The molecule has 33 heavy (non-hydrogen) atoms. The van der Waals surface area contributed by atoms with E-state index in [2.05, 4.69) is 20.9 Å². The minimum Gasteiger partial charge on any atom is -0.378 e. The number of thiocarbonyl (C=S) groups is 1. The summed E-state index contributed by atoms with van der Waals surface area (Å²) in [5, 5.41) is 8.99. The van der Waals surface area contributed by atoms with Gasteiger partial charge in [0, 0.05) is 30.2 Å². The zero-order chi connectivity index (χ0) is 23.6. The number of benzene rings is 2. The smallest absolute Gasteiger partial charge is 0.378 e. The maximum Gasteiger partial charge on any atom is 0.416 e. The molecule has 1 saturated heterocycles. The third-order valence-corrected chi connectivity index (χ3v) is 5.78. The molecule has 1 fully saturated rings. The van der Waals surface area contributed by atoms with Crippen LogP contribution in [0.2, 0.25) is 0 Å². The number of rotatable bonds is 4. The van der Waals surface area contributed by atoms with Gasteiger partial charge in [0.05, 0.1) is 30.4 Å². The van der Waals surface area contributed by atoms with Crippen molar-refractivity contribution in [2.24, 2.45) is 0 Å². The first-order valence-corrected chi connectivity index (χ1v) is 10.8. The van der Waals surface area contributed by atoms with Crippen molar-refractivity contribution in [2.45, 2.75) is 19.1 Å². The summed E-state index contributed by atoms with van der Waals surface area (Å²) in [6.45, 7) is 4.67. The molecule has 1 atom stereocenters. The number of hydrogen-bond donors (Lipinski definition) is 3. The molecule has 2 aliphatic rings. The summed E-state index contributed by atoms with van der Waals surface area (Å²) in [4.78, 5) is 15.4. The van der Waals surface area contributed by atoms with Gasteiger partial charge in [0.15, 0.2) is 5.11 Å². The van der Waals surface area contributed by atoms with Crippen molar-refractivity contribution in [1.82, 2.24) is 10.6 Å². The number of morpholine rings is 1. The zero-order valence-corrected chi connectivity index (χ0v) is 18.6. The highest BCUT2D eigenvalue weighted by Crippen LogP contribution is 2.32. The minimum absolute atomic E-state index is 0.0599. The summed E-state index contributed by atoms with van der Waals surface area (Å²) in [7, 11) is 0. The van der Waals surface area contributed by atoms with Gasteiger partial charge in [0.2, 0.25) is 0 Å². The van der Waals surface area contributed by atoms with Crippen LogP contribution < -0.4 is 20.9 Å². The fourth-order valence-electron chi connectivity index (χ4n) is 3.92. The van der Waals surface area contributed by atoms with E-state index in [0.29, 0.717) is 29.6 Å². The fourth-order valence-corrected chi connectivity index (χ4v) is 4.19. The quantitative estimate of drug-likeness (QED) is 0.581. The van der Waals surface area contributed by atoms with Gasteiger partial charge in [-0.15, -0.1) is 0 Å². The van der Waals surface area contributed by atoms with Crippen LogP contribution in [-0.4, -0.2) is 37.3 Å². The Hall–Kier alpha value is -3.11. The van der Waals surface area contributed by atoms with Crippen molar-refractivity contribution in [1.29, 1.82) is 0 Å². The summed E-state index contributed by atoms with van der Waals surface area (Å²) in [5.74, 6) is -0.517. The van der Waals surface area contributed by atoms with Crippen molar-refractivity contribution in [3.8, 4) is 0 Å². The maximum absolute atomic E-state index is 13.1. The van der Waals surface area contributed by atoms with Crippen molar-refractivity contribution in [3.05, 3.63) is 70.9 Å². The van der Waals surface area contributed by atoms with E-state index in [1.807, 2.05) is 24.3 Å². The number of halogens is 3. The van der Waals surface area contributed by atoms with Crippen LogP contribution in [0.3, 0.4) is 0 Å². The lowest BCUT2D eigenvalue weighted by atomic mass is 9.94. The van der Waals surface area contributed by atoms with E-state index in [-0.39, 0.29) is 5.69 Å². The van der Waals surface area contributed by atoms with Crippen LogP contribution in [0.25, 0.3) is 0 Å². The number of hydrogen-bond acceptors (Lipinski definition) is 4. The molecule has 2 aromatic carbocycles. The monoisotopic (exact) mass is 476 g/mol. The molecule has 6 nitrogen and oxygen atoms in total. The van der Waals surface area contributed by atoms with Gasteiger partial charge in [-0.2, -0.15) is 13.2 Å². The average Bonchev–Trinajstić information content (AvgIpc) is 2.79. The second kappa shape index (κ2) is 9.40. The summed E-state index contributed by atoms with van der Waals surface area (Å²) in [6.07, 6.45) is -4.50. The number of allylic oxidation sites excluding steroid dienone is 1. The number of carbonyl (C=O) groups is 1. The Morgan fingerprint density at radius 1 is 1.15 bits per heavy atom. The number of ether oxygens (including phenoxy) is 1. The largest absolute Gasteiger partial charge is 0.416 e. The Kier molecular flexibility index (Phi) is 6.57. The van der Waals surface area contributed by atoms with E-state index in [0.717, 1.165) is 36.5 Å². The molecule has 0 aliphatic carbocycles. The molecule has 2 aliphatic heterocycles. The number of alkyl halides is 3. The van der Waals surface area contributed by atoms with E-state index in [1.54, 1.807) is 6.92 Å². The molecule has 4 rings (SSSR count). The third kappa shape index (κ3) is 5.28. The molecule has 0 unspecified atom stereocenters. The lowest BCUT2D eigenvalue weighted by Gasteiger charge is -2.32. The number of nitrogens with one attached hydrogen (secondary N) is 3. The SMILES string of the molecule is CC1=C(C(=O)Nc2cccc(C(F)(F)F)c2)[C@@H](c2ccc(N3CCOCC3)cc2)NC(=S)N1. The highest BCUT2D eigenvalue weighted by atomic mass is 32.1. The van der Waals surface area contributed by atoms with Gasteiger partial charge in [0.1, 0.15) is 0 Å². The molecule has 0 spiro atoms. The summed E-state index contributed by atoms with van der Waals surface area (Å²) in [6, 6.07) is 11.8. The van der Waals surface area contributed by atoms with Crippen LogP contribution in [0.1, 0.15) is 24.1 Å². The van der Waals surface area contributed by atoms with Gasteiger partial charge in [-0.05, 0) is 55.0 Å². The molecular weight excluding hydrogens is 453 g/mol.